The van der Waals surface area contributed by atoms with Crippen molar-refractivity contribution < 1.29 is 0 Å². The van der Waals surface area contributed by atoms with E-state index in [1.54, 1.807) is 0 Å². The van der Waals surface area contributed by atoms with Gasteiger partial charge in [-0.05, 0) is 19.1 Å². The summed E-state index contributed by atoms with van der Waals surface area (Å²) < 4.78 is 0. The van der Waals surface area contributed by atoms with Crippen LogP contribution >= 0.6 is 0 Å². The Morgan fingerprint density at radius 2 is 1.50 bits per heavy atom. The summed E-state index contributed by atoms with van der Waals surface area (Å²) in [5.41, 5.74) is 13.8. The number of benzene rings is 1. The zero-order valence-corrected chi connectivity index (χ0v) is 12.7. The molecule has 0 spiro atoms. The van der Waals surface area contributed by atoms with Gasteiger partial charge in [-0.1, -0.05) is 17.7 Å². The monoisotopic (exact) mass is 299 g/mol. The van der Waals surface area contributed by atoms with Gasteiger partial charge in [0.2, 0.25) is 11.9 Å². The lowest BCUT2D eigenvalue weighted by Gasteiger charge is -2.35. The highest BCUT2D eigenvalue weighted by Gasteiger charge is 2.18. The quantitative estimate of drug-likeness (QED) is 0.859. The molecule has 1 aliphatic heterocycles. The predicted octanol–water partition coefficient (Wildman–Crippen LogP) is 0.667. The van der Waals surface area contributed by atoms with Crippen LogP contribution in [0.5, 0.6) is 0 Å². The molecule has 0 saturated carbocycles. The fraction of sp³-hybridized carbons (Fsp3) is 0.400. The Hall–Kier alpha value is -2.41. The van der Waals surface area contributed by atoms with E-state index in [1.807, 2.05) is 0 Å². The van der Waals surface area contributed by atoms with Gasteiger partial charge in [0, 0.05) is 31.9 Å². The number of anilines is 3. The van der Waals surface area contributed by atoms with Crippen molar-refractivity contribution in [2.45, 2.75) is 13.5 Å². The summed E-state index contributed by atoms with van der Waals surface area (Å²) in [7, 11) is 0. The van der Waals surface area contributed by atoms with Crippen LogP contribution in [0.3, 0.4) is 0 Å². The molecule has 1 aromatic heterocycles. The number of hydrogen-bond donors (Lipinski definition) is 2. The molecule has 7 nitrogen and oxygen atoms in total. The summed E-state index contributed by atoms with van der Waals surface area (Å²) in [6.45, 7) is 6.64. The summed E-state index contributed by atoms with van der Waals surface area (Å²) in [6, 6.07) is 8.66. The molecule has 3 rings (SSSR count). The van der Waals surface area contributed by atoms with Crippen molar-refractivity contribution >= 4 is 17.6 Å². The lowest BCUT2D eigenvalue weighted by molar-refractivity contribution is 0.244. The maximum Gasteiger partial charge on any atom is 0.225 e. The zero-order valence-electron chi connectivity index (χ0n) is 12.7. The molecule has 4 N–H and O–H groups in total. The van der Waals surface area contributed by atoms with Crippen molar-refractivity contribution in [3.8, 4) is 0 Å². The van der Waals surface area contributed by atoms with E-state index in [-0.39, 0.29) is 11.9 Å². The minimum Gasteiger partial charge on any atom is -0.369 e. The minimum absolute atomic E-state index is 0.181. The largest absolute Gasteiger partial charge is 0.369 e. The van der Waals surface area contributed by atoms with Crippen LogP contribution in [0.25, 0.3) is 0 Å². The Labute approximate surface area is 130 Å². The van der Waals surface area contributed by atoms with Crippen LogP contribution in [-0.2, 0) is 6.54 Å². The van der Waals surface area contributed by atoms with Gasteiger partial charge in [0.15, 0.2) is 0 Å². The fourth-order valence-corrected chi connectivity index (χ4v) is 2.65. The van der Waals surface area contributed by atoms with Crippen molar-refractivity contribution in [2.75, 3.05) is 42.5 Å². The maximum absolute atomic E-state index is 5.61. The molecule has 0 atom stereocenters. The second-order valence-corrected chi connectivity index (χ2v) is 5.57. The Balaban J connectivity index is 1.58. The van der Waals surface area contributed by atoms with Crippen LogP contribution < -0.4 is 16.4 Å². The molecule has 2 heterocycles. The van der Waals surface area contributed by atoms with Crippen molar-refractivity contribution in [1.82, 2.24) is 19.9 Å². The molecule has 0 aliphatic carbocycles. The average molecular weight is 299 g/mol. The third-order valence-corrected chi connectivity index (χ3v) is 3.85. The first-order valence-corrected chi connectivity index (χ1v) is 7.40. The molecule has 0 unspecified atom stereocenters. The number of piperazine rings is 1. The van der Waals surface area contributed by atoms with Gasteiger partial charge in [-0.15, -0.1) is 0 Å². The van der Waals surface area contributed by atoms with Crippen LogP contribution in [0.4, 0.5) is 17.6 Å². The molecular weight excluding hydrogens is 278 g/mol. The number of nitrogen functional groups attached to an aromatic ring is 2. The Bertz CT molecular complexity index is 613. The molecule has 1 fully saturated rings. The molecule has 1 aliphatic rings. The topological polar surface area (TPSA) is 97.2 Å². The maximum atomic E-state index is 5.61. The lowest BCUT2D eigenvalue weighted by atomic mass is 10.2. The second-order valence-electron chi connectivity index (χ2n) is 5.57. The van der Waals surface area contributed by atoms with Gasteiger partial charge in [-0.25, -0.2) is 0 Å². The molecule has 22 heavy (non-hydrogen) atoms. The van der Waals surface area contributed by atoms with Crippen LogP contribution in [0.1, 0.15) is 11.4 Å². The van der Waals surface area contributed by atoms with Gasteiger partial charge in [0.25, 0.3) is 0 Å². The Morgan fingerprint density at radius 1 is 0.909 bits per heavy atom. The third kappa shape index (κ3) is 3.43. The number of nitrogens with two attached hydrogens (primary N) is 2. The van der Waals surface area contributed by atoms with E-state index >= 15 is 0 Å². The van der Waals surface area contributed by atoms with E-state index in [4.69, 9.17) is 11.5 Å². The number of nitrogens with zero attached hydrogens (tertiary/aromatic N) is 5. The van der Waals surface area contributed by atoms with Crippen molar-refractivity contribution in [2.24, 2.45) is 0 Å². The second kappa shape index (κ2) is 6.15. The Morgan fingerprint density at radius 3 is 2.09 bits per heavy atom. The number of hydrogen-bond acceptors (Lipinski definition) is 7. The Kier molecular flexibility index (Phi) is 4.06. The number of aromatic nitrogens is 3. The highest BCUT2D eigenvalue weighted by atomic mass is 15.3. The minimum atomic E-state index is 0.181. The fourth-order valence-electron chi connectivity index (χ4n) is 2.65. The molecule has 0 bridgehead atoms. The van der Waals surface area contributed by atoms with E-state index in [2.05, 4.69) is 55.9 Å². The van der Waals surface area contributed by atoms with Crippen LogP contribution in [-0.4, -0.2) is 46.0 Å². The molecular formula is C15H21N7. The van der Waals surface area contributed by atoms with E-state index in [9.17, 15) is 0 Å². The molecule has 7 heteroatoms. The van der Waals surface area contributed by atoms with Crippen molar-refractivity contribution in [3.05, 3.63) is 35.7 Å². The third-order valence-electron chi connectivity index (χ3n) is 3.85. The van der Waals surface area contributed by atoms with Crippen LogP contribution in [0.2, 0.25) is 0 Å². The molecule has 1 saturated heterocycles. The van der Waals surface area contributed by atoms with Gasteiger partial charge >= 0.3 is 0 Å². The van der Waals surface area contributed by atoms with Crippen molar-refractivity contribution in [1.29, 1.82) is 0 Å². The lowest BCUT2D eigenvalue weighted by Crippen LogP contribution is -2.46. The van der Waals surface area contributed by atoms with Gasteiger partial charge < -0.3 is 16.4 Å². The SMILES string of the molecule is Cc1ccc(N2CCN(Cc3nc(N)nc(N)n3)CC2)cc1. The molecule has 2 aromatic rings. The first kappa shape index (κ1) is 14.5. The molecule has 0 radical (unpaired) electrons. The summed E-state index contributed by atoms with van der Waals surface area (Å²) in [4.78, 5) is 16.8. The standard InChI is InChI=1S/C15H21N7/c1-11-2-4-12(5-3-11)22-8-6-21(7-9-22)10-13-18-14(16)20-15(17)19-13/h2-5H,6-10H2,1H3,(H4,16,17,18,19,20). The first-order chi connectivity index (χ1) is 10.6. The van der Waals surface area contributed by atoms with Gasteiger partial charge in [-0.3, -0.25) is 4.90 Å². The highest BCUT2D eigenvalue weighted by Crippen LogP contribution is 2.17. The highest BCUT2D eigenvalue weighted by molar-refractivity contribution is 5.47. The average Bonchev–Trinajstić information content (AvgIpc) is 2.48. The molecule has 116 valence electrons. The summed E-state index contributed by atoms with van der Waals surface area (Å²) in [6.07, 6.45) is 0. The van der Waals surface area contributed by atoms with Gasteiger partial charge in [-0.2, -0.15) is 15.0 Å². The van der Waals surface area contributed by atoms with Gasteiger partial charge in [0.1, 0.15) is 5.82 Å². The van der Waals surface area contributed by atoms with E-state index in [0.717, 1.165) is 26.2 Å². The predicted molar refractivity (Wildman–Crippen MR) is 87.3 cm³/mol. The smallest absolute Gasteiger partial charge is 0.225 e. The van der Waals surface area contributed by atoms with E-state index in [0.29, 0.717) is 12.4 Å². The normalized spacial score (nSPS) is 16.0. The van der Waals surface area contributed by atoms with E-state index < -0.39 is 0 Å². The number of aryl methyl sites for hydroxylation is 1. The zero-order chi connectivity index (χ0) is 15.5. The summed E-state index contributed by atoms with van der Waals surface area (Å²) >= 11 is 0. The van der Waals surface area contributed by atoms with E-state index in [1.165, 1.54) is 11.3 Å². The summed E-state index contributed by atoms with van der Waals surface area (Å²) in [5.74, 6) is 0.996. The van der Waals surface area contributed by atoms with Crippen LogP contribution in [0.15, 0.2) is 24.3 Å². The van der Waals surface area contributed by atoms with Gasteiger partial charge in [0.05, 0.1) is 6.54 Å². The number of rotatable bonds is 3. The van der Waals surface area contributed by atoms with Crippen LogP contribution in [0, 0.1) is 6.92 Å². The molecule has 1 aromatic carbocycles. The summed E-state index contributed by atoms with van der Waals surface area (Å²) in [5, 5.41) is 0. The van der Waals surface area contributed by atoms with Crippen molar-refractivity contribution in [3.63, 3.8) is 0 Å². The molecule has 0 amide bonds. The first-order valence-electron chi connectivity index (χ1n) is 7.40.